The summed E-state index contributed by atoms with van der Waals surface area (Å²) in [6, 6.07) is 0. The van der Waals surface area contributed by atoms with Gasteiger partial charge in [0.25, 0.3) is 0 Å². The number of ether oxygens (including phenoxy) is 3. The Morgan fingerprint density at radius 3 is 0.747 bits per heavy atom. The molecular weight excluding hydrogens is 1020 g/mol. The summed E-state index contributed by atoms with van der Waals surface area (Å²) in [7, 11) is 0. The molecule has 0 aromatic rings. The number of hydrogen-bond donors (Lipinski definition) is 0. The van der Waals surface area contributed by atoms with E-state index in [-0.39, 0.29) is 31.1 Å². The summed E-state index contributed by atoms with van der Waals surface area (Å²) in [4.78, 5) is 38.5. The van der Waals surface area contributed by atoms with E-state index in [9.17, 15) is 14.4 Å². The van der Waals surface area contributed by atoms with E-state index in [1.54, 1.807) is 0 Å². The molecule has 0 aromatic heterocycles. The molecule has 0 rings (SSSR count). The van der Waals surface area contributed by atoms with Gasteiger partial charge in [0.2, 0.25) is 0 Å². The second kappa shape index (κ2) is 70.3. The Kier molecular flexibility index (Phi) is 66.7. The Labute approximate surface area is 513 Å². The molecule has 0 saturated heterocycles. The summed E-state index contributed by atoms with van der Waals surface area (Å²) in [6.45, 7) is 6.52. The first kappa shape index (κ1) is 78.8. The van der Waals surface area contributed by atoms with Gasteiger partial charge in [-0.05, 0) is 116 Å². The lowest BCUT2D eigenvalue weighted by molar-refractivity contribution is -0.167. The zero-order chi connectivity index (χ0) is 59.9. The molecule has 1 atom stereocenters. The van der Waals surface area contributed by atoms with Crippen LogP contribution in [0.4, 0.5) is 0 Å². The van der Waals surface area contributed by atoms with Gasteiger partial charge in [0, 0.05) is 19.3 Å². The molecule has 0 amide bonds. The number of carbonyl (C=O) groups excluding carboxylic acids is 3. The third-order valence-electron chi connectivity index (χ3n) is 15.0. The Hall–Kier alpha value is -4.19. The van der Waals surface area contributed by atoms with Gasteiger partial charge in [-0.3, -0.25) is 14.4 Å². The maximum Gasteiger partial charge on any atom is 0.306 e. The Balaban J connectivity index is 4.43. The van der Waals surface area contributed by atoms with Crippen LogP contribution in [0.15, 0.2) is 122 Å². The quantitative estimate of drug-likeness (QED) is 0.0261. The summed E-state index contributed by atoms with van der Waals surface area (Å²) in [6.07, 6.45) is 97.8. The largest absolute Gasteiger partial charge is 0.462 e. The molecular formula is C77H130O6. The van der Waals surface area contributed by atoms with Crippen molar-refractivity contribution in [3.05, 3.63) is 122 Å². The van der Waals surface area contributed by atoms with Crippen molar-refractivity contribution >= 4 is 17.9 Å². The van der Waals surface area contributed by atoms with Crippen LogP contribution in [0.5, 0.6) is 0 Å². The smallest absolute Gasteiger partial charge is 0.306 e. The molecule has 0 aliphatic rings. The van der Waals surface area contributed by atoms with E-state index in [4.69, 9.17) is 14.2 Å². The van der Waals surface area contributed by atoms with Crippen LogP contribution in [-0.2, 0) is 28.6 Å². The molecule has 0 spiro atoms. The minimum atomic E-state index is -0.798. The summed E-state index contributed by atoms with van der Waals surface area (Å²) >= 11 is 0. The highest BCUT2D eigenvalue weighted by atomic mass is 16.6. The molecule has 0 N–H and O–H groups in total. The topological polar surface area (TPSA) is 78.9 Å². The normalized spacial score (nSPS) is 12.9. The van der Waals surface area contributed by atoms with Gasteiger partial charge in [-0.2, -0.15) is 0 Å². The van der Waals surface area contributed by atoms with E-state index in [0.29, 0.717) is 19.3 Å². The Bertz CT molecular complexity index is 1700. The van der Waals surface area contributed by atoms with Crippen LogP contribution in [0.3, 0.4) is 0 Å². The summed E-state index contributed by atoms with van der Waals surface area (Å²) in [5.41, 5.74) is 0. The zero-order valence-corrected chi connectivity index (χ0v) is 54.4. The minimum absolute atomic E-state index is 0.0898. The molecule has 1 unspecified atom stereocenters. The molecule has 474 valence electrons. The van der Waals surface area contributed by atoms with Crippen LogP contribution in [0.25, 0.3) is 0 Å². The van der Waals surface area contributed by atoms with Gasteiger partial charge in [-0.1, -0.05) is 316 Å². The van der Waals surface area contributed by atoms with Crippen molar-refractivity contribution in [1.29, 1.82) is 0 Å². The molecule has 0 bridgehead atoms. The predicted molar refractivity (Wildman–Crippen MR) is 362 cm³/mol. The number of allylic oxidation sites excluding steroid dienone is 20. The van der Waals surface area contributed by atoms with E-state index in [1.165, 1.54) is 167 Å². The molecule has 0 aromatic carbocycles. The van der Waals surface area contributed by atoms with Crippen molar-refractivity contribution in [3.8, 4) is 0 Å². The lowest BCUT2D eigenvalue weighted by atomic mass is 10.0. The van der Waals surface area contributed by atoms with Crippen molar-refractivity contribution in [2.24, 2.45) is 0 Å². The number of unbranched alkanes of at least 4 members (excludes halogenated alkanes) is 32. The van der Waals surface area contributed by atoms with E-state index in [2.05, 4.69) is 142 Å². The van der Waals surface area contributed by atoms with E-state index < -0.39 is 6.10 Å². The van der Waals surface area contributed by atoms with Crippen LogP contribution in [0.1, 0.15) is 329 Å². The standard InChI is InChI=1S/C77H130O6/c1-4-7-10-13-16-19-22-25-28-30-32-34-36-38-40-42-44-46-49-52-55-58-61-64-67-70-76(79)82-73-74(72-81-75(78)69-66-63-60-57-54-51-48-27-24-21-18-15-12-9-6-3)83-77(80)71-68-65-62-59-56-53-50-47-45-43-41-39-37-35-33-31-29-26-23-20-17-14-11-8-5-2/h7,10,16,19,23,25-26,28,31-34,37-40,44,46,52,55,74H,4-6,8-9,11-15,17-18,20-22,24,27,29-30,35-36,41-43,45,47-51,53-54,56-73H2,1-3H3/b10-7-,19-16-,26-23-,28-25-,33-31-,34-32-,39-37-,40-38-,46-44-,55-52-. The molecule has 6 nitrogen and oxygen atoms in total. The van der Waals surface area contributed by atoms with Gasteiger partial charge in [0.1, 0.15) is 13.2 Å². The molecule has 0 aliphatic heterocycles. The third kappa shape index (κ3) is 68.5. The van der Waals surface area contributed by atoms with Crippen LogP contribution in [-0.4, -0.2) is 37.2 Å². The van der Waals surface area contributed by atoms with Crippen LogP contribution in [0.2, 0.25) is 0 Å². The van der Waals surface area contributed by atoms with Gasteiger partial charge in [0.05, 0.1) is 0 Å². The number of hydrogen-bond acceptors (Lipinski definition) is 6. The summed E-state index contributed by atoms with van der Waals surface area (Å²) in [5, 5.41) is 0. The molecule has 6 heteroatoms. The molecule has 0 aliphatic carbocycles. The molecule has 0 saturated carbocycles. The SMILES string of the molecule is CC/C=C\C/C=C\C/C=C\C/C=C\C/C=C\C/C=C\C/C=C\CCCCCC(=O)OCC(COC(=O)CCCCCCCCCCCCCCCCC)OC(=O)CCCCCCCCCCCC/C=C\C/C=C\C/C=C\CCCCCCC. The Morgan fingerprint density at radius 2 is 0.470 bits per heavy atom. The van der Waals surface area contributed by atoms with E-state index in [0.717, 1.165) is 122 Å². The fraction of sp³-hybridized carbons (Fsp3) is 0.701. The number of esters is 3. The molecule has 0 heterocycles. The predicted octanol–water partition coefficient (Wildman–Crippen LogP) is 24.3. The summed E-state index contributed by atoms with van der Waals surface area (Å²) < 4.78 is 17.0. The van der Waals surface area contributed by atoms with E-state index >= 15 is 0 Å². The lowest BCUT2D eigenvalue weighted by Crippen LogP contribution is -2.30. The molecule has 0 fully saturated rings. The van der Waals surface area contributed by atoms with Gasteiger partial charge in [-0.15, -0.1) is 0 Å². The first-order chi connectivity index (χ1) is 41.0. The third-order valence-corrected chi connectivity index (χ3v) is 15.0. The van der Waals surface area contributed by atoms with E-state index in [1.807, 2.05) is 0 Å². The number of carbonyl (C=O) groups is 3. The van der Waals surface area contributed by atoms with Crippen molar-refractivity contribution in [3.63, 3.8) is 0 Å². The minimum Gasteiger partial charge on any atom is -0.462 e. The molecule has 0 radical (unpaired) electrons. The van der Waals surface area contributed by atoms with Crippen LogP contribution in [0, 0.1) is 0 Å². The second-order valence-electron chi connectivity index (χ2n) is 23.1. The second-order valence-corrected chi connectivity index (χ2v) is 23.1. The van der Waals surface area contributed by atoms with Crippen LogP contribution >= 0.6 is 0 Å². The monoisotopic (exact) mass is 1150 g/mol. The Morgan fingerprint density at radius 1 is 0.253 bits per heavy atom. The fourth-order valence-corrected chi connectivity index (χ4v) is 9.73. The van der Waals surface area contributed by atoms with Gasteiger partial charge >= 0.3 is 17.9 Å². The highest BCUT2D eigenvalue weighted by Crippen LogP contribution is 2.17. The van der Waals surface area contributed by atoms with Crippen molar-refractivity contribution in [1.82, 2.24) is 0 Å². The van der Waals surface area contributed by atoms with Crippen molar-refractivity contribution in [2.45, 2.75) is 335 Å². The van der Waals surface area contributed by atoms with Crippen molar-refractivity contribution in [2.75, 3.05) is 13.2 Å². The van der Waals surface area contributed by atoms with Crippen LogP contribution < -0.4 is 0 Å². The van der Waals surface area contributed by atoms with Gasteiger partial charge in [0.15, 0.2) is 6.10 Å². The molecule has 83 heavy (non-hydrogen) atoms. The highest BCUT2D eigenvalue weighted by molar-refractivity contribution is 5.71. The average molecular weight is 1150 g/mol. The van der Waals surface area contributed by atoms with Crippen molar-refractivity contribution < 1.29 is 28.6 Å². The van der Waals surface area contributed by atoms with Gasteiger partial charge < -0.3 is 14.2 Å². The highest BCUT2D eigenvalue weighted by Gasteiger charge is 2.19. The van der Waals surface area contributed by atoms with Gasteiger partial charge in [-0.25, -0.2) is 0 Å². The fourth-order valence-electron chi connectivity index (χ4n) is 9.73. The average Bonchev–Trinajstić information content (AvgIpc) is 3.49. The lowest BCUT2D eigenvalue weighted by Gasteiger charge is -2.18. The number of rotatable bonds is 63. The summed E-state index contributed by atoms with van der Waals surface area (Å²) in [5.74, 6) is -0.916. The maximum atomic E-state index is 13.0. The first-order valence-electron chi connectivity index (χ1n) is 35.0. The first-order valence-corrected chi connectivity index (χ1v) is 35.0. The zero-order valence-electron chi connectivity index (χ0n) is 54.4. The maximum absolute atomic E-state index is 13.0.